The minimum Gasteiger partial charge on any atom is -0.347 e. The van der Waals surface area contributed by atoms with Crippen molar-refractivity contribution in [3.05, 3.63) is 59.8 Å². The van der Waals surface area contributed by atoms with Gasteiger partial charge >= 0.3 is 0 Å². The Labute approximate surface area is 124 Å². The molecule has 0 saturated carbocycles. The number of aromatic nitrogens is 1. The summed E-state index contributed by atoms with van der Waals surface area (Å²) >= 11 is 5.99. The van der Waals surface area contributed by atoms with E-state index in [1.165, 1.54) is 34.9 Å². The van der Waals surface area contributed by atoms with Crippen molar-refractivity contribution in [2.24, 2.45) is 0 Å². The molecule has 0 aliphatic carbocycles. The smallest absolute Gasteiger partial charge is 0.0486 e. The lowest BCUT2D eigenvalue weighted by Gasteiger charge is -2.02. The lowest BCUT2D eigenvalue weighted by molar-refractivity contribution is 0.650. The molecule has 0 spiro atoms. The number of hydrogen-bond acceptors (Lipinski definition) is 0. The average molecular weight is 284 g/mol. The topological polar surface area (TPSA) is 4.93 Å². The van der Waals surface area contributed by atoms with Crippen molar-refractivity contribution in [2.45, 2.75) is 26.3 Å². The molecule has 0 amide bonds. The van der Waals surface area contributed by atoms with Crippen LogP contribution in [-0.2, 0) is 6.54 Å². The summed E-state index contributed by atoms with van der Waals surface area (Å²) in [6.45, 7) is 3.30. The highest BCUT2D eigenvalue weighted by Crippen LogP contribution is 2.31. The maximum Gasteiger partial charge on any atom is 0.0486 e. The monoisotopic (exact) mass is 283 g/mol. The number of aryl methyl sites for hydroxylation is 1. The Kier molecular flexibility index (Phi) is 3.79. The molecule has 102 valence electrons. The third-order valence-electron chi connectivity index (χ3n) is 3.70. The van der Waals surface area contributed by atoms with Crippen molar-refractivity contribution >= 4 is 22.5 Å². The molecule has 0 radical (unpaired) electrons. The van der Waals surface area contributed by atoms with Crippen LogP contribution in [0.15, 0.2) is 54.7 Å². The maximum absolute atomic E-state index is 5.99. The molecular weight excluding hydrogens is 266 g/mol. The van der Waals surface area contributed by atoms with Gasteiger partial charge in [0.2, 0.25) is 0 Å². The number of benzene rings is 2. The molecule has 20 heavy (non-hydrogen) atoms. The summed E-state index contributed by atoms with van der Waals surface area (Å²) < 4.78 is 2.36. The van der Waals surface area contributed by atoms with Gasteiger partial charge in [-0.25, -0.2) is 0 Å². The molecule has 2 heteroatoms. The zero-order chi connectivity index (χ0) is 13.9. The van der Waals surface area contributed by atoms with Gasteiger partial charge in [0.1, 0.15) is 0 Å². The Morgan fingerprint density at radius 3 is 2.50 bits per heavy atom. The summed E-state index contributed by atoms with van der Waals surface area (Å²) in [5.41, 5.74) is 3.82. The minimum absolute atomic E-state index is 0.781. The molecule has 0 bridgehead atoms. The van der Waals surface area contributed by atoms with Crippen LogP contribution in [0.3, 0.4) is 0 Å². The zero-order valence-corrected chi connectivity index (χ0v) is 12.4. The van der Waals surface area contributed by atoms with Crippen molar-refractivity contribution in [1.82, 2.24) is 4.57 Å². The Morgan fingerprint density at radius 2 is 1.75 bits per heavy atom. The number of halogens is 1. The van der Waals surface area contributed by atoms with Crippen LogP contribution in [0.2, 0.25) is 5.02 Å². The Morgan fingerprint density at radius 1 is 1.00 bits per heavy atom. The second-order valence-electron chi connectivity index (χ2n) is 5.11. The summed E-state index contributed by atoms with van der Waals surface area (Å²) in [5.74, 6) is 0. The Bertz CT molecular complexity index is 710. The highest BCUT2D eigenvalue weighted by Gasteiger charge is 2.09. The first-order valence-corrected chi connectivity index (χ1v) is 7.51. The van der Waals surface area contributed by atoms with Crippen molar-refractivity contribution < 1.29 is 0 Å². The van der Waals surface area contributed by atoms with Crippen molar-refractivity contribution in [3.63, 3.8) is 0 Å². The third kappa shape index (κ3) is 2.46. The van der Waals surface area contributed by atoms with E-state index in [2.05, 4.69) is 54.1 Å². The number of unbranched alkanes of at least 4 members (excludes halogenated alkanes) is 1. The van der Waals surface area contributed by atoms with E-state index >= 15 is 0 Å². The molecule has 1 heterocycles. The average Bonchev–Trinajstić information content (AvgIpc) is 2.85. The molecule has 1 aromatic heterocycles. The van der Waals surface area contributed by atoms with Crippen molar-refractivity contribution in [2.75, 3.05) is 0 Å². The van der Waals surface area contributed by atoms with E-state index in [9.17, 15) is 0 Å². The van der Waals surface area contributed by atoms with E-state index in [0.717, 1.165) is 11.6 Å². The van der Waals surface area contributed by atoms with Crippen LogP contribution in [-0.4, -0.2) is 4.57 Å². The van der Waals surface area contributed by atoms with Gasteiger partial charge in [0.15, 0.2) is 0 Å². The van der Waals surface area contributed by atoms with Crippen LogP contribution >= 0.6 is 11.6 Å². The van der Waals surface area contributed by atoms with Crippen LogP contribution in [0.4, 0.5) is 0 Å². The van der Waals surface area contributed by atoms with Gasteiger partial charge in [-0.05, 0) is 30.2 Å². The summed E-state index contributed by atoms with van der Waals surface area (Å²) in [7, 11) is 0. The van der Waals surface area contributed by atoms with E-state index in [4.69, 9.17) is 11.6 Å². The van der Waals surface area contributed by atoms with E-state index in [0.29, 0.717) is 0 Å². The summed E-state index contributed by atoms with van der Waals surface area (Å²) in [6.07, 6.45) is 4.69. The molecule has 0 aliphatic heterocycles. The van der Waals surface area contributed by atoms with Crippen molar-refractivity contribution in [1.29, 1.82) is 0 Å². The van der Waals surface area contributed by atoms with Gasteiger partial charge in [-0.15, -0.1) is 0 Å². The predicted octanol–water partition coefficient (Wildman–Crippen LogP) is 5.76. The fourth-order valence-corrected chi connectivity index (χ4v) is 2.75. The largest absolute Gasteiger partial charge is 0.347 e. The number of para-hydroxylation sites is 1. The van der Waals surface area contributed by atoms with Gasteiger partial charge in [0, 0.05) is 34.2 Å². The second kappa shape index (κ2) is 5.72. The fraction of sp³-hybridized carbons (Fsp3) is 0.222. The van der Waals surface area contributed by atoms with E-state index in [1.807, 2.05) is 12.1 Å². The van der Waals surface area contributed by atoms with Crippen LogP contribution in [0.5, 0.6) is 0 Å². The molecular formula is C18H18ClN. The minimum atomic E-state index is 0.781. The maximum atomic E-state index is 5.99. The molecule has 0 atom stereocenters. The number of rotatable bonds is 4. The third-order valence-corrected chi connectivity index (χ3v) is 3.95. The summed E-state index contributed by atoms with van der Waals surface area (Å²) in [4.78, 5) is 0. The highest BCUT2D eigenvalue weighted by atomic mass is 35.5. The predicted molar refractivity (Wildman–Crippen MR) is 87.3 cm³/mol. The van der Waals surface area contributed by atoms with Crippen molar-refractivity contribution in [3.8, 4) is 11.1 Å². The highest BCUT2D eigenvalue weighted by molar-refractivity contribution is 6.30. The number of fused-ring (bicyclic) bond motifs is 1. The lowest BCUT2D eigenvalue weighted by atomic mass is 10.1. The molecule has 0 unspecified atom stereocenters. The standard InChI is InChI=1S/C18H18ClN/c1-2-3-12-20-13-17(14-8-10-15(19)11-9-14)16-6-4-5-7-18(16)20/h4-11,13H,2-3,12H2,1H3. The molecule has 0 N–H and O–H groups in total. The van der Waals surface area contributed by atoms with Crippen LogP contribution in [0.25, 0.3) is 22.0 Å². The molecule has 0 aliphatic rings. The molecule has 3 rings (SSSR count). The van der Waals surface area contributed by atoms with Gasteiger partial charge in [-0.1, -0.05) is 55.3 Å². The Hall–Kier alpha value is -1.73. The van der Waals surface area contributed by atoms with E-state index in [-0.39, 0.29) is 0 Å². The van der Waals surface area contributed by atoms with Gasteiger partial charge < -0.3 is 4.57 Å². The quantitative estimate of drug-likeness (QED) is 0.573. The van der Waals surface area contributed by atoms with E-state index in [1.54, 1.807) is 0 Å². The van der Waals surface area contributed by atoms with Crippen LogP contribution < -0.4 is 0 Å². The summed E-state index contributed by atoms with van der Waals surface area (Å²) in [5, 5.41) is 2.09. The second-order valence-corrected chi connectivity index (χ2v) is 5.55. The molecule has 1 nitrogen and oxygen atoms in total. The lowest BCUT2D eigenvalue weighted by Crippen LogP contribution is -1.94. The van der Waals surface area contributed by atoms with Crippen LogP contribution in [0, 0.1) is 0 Å². The SMILES string of the molecule is CCCCn1cc(-c2ccc(Cl)cc2)c2ccccc21. The van der Waals surface area contributed by atoms with Crippen LogP contribution in [0.1, 0.15) is 19.8 Å². The first-order chi connectivity index (χ1) is 9.79. The van der Waals surface area contributed by atoms with Gasteiger partial charge in [0.05, 0.1) is 0 Å². The normalized spacial score (nSPS) is 11.1. The summed E-state index contributed by atoms with van der Waals surface area (Å²) in [6, 6.07) is 16.7. The molecule has 0 fully saturated rings. The van der Waals surface area contributed by atoms with E-state index < -0.39 is 0 Å². The first kappa shape index (κ1) is 13.3. The fourth-order valence-electron chi connectivity index (χ4n) is 2.62. The van der Waals surface area contributed by atoms with Gasteiger partial charge in [-0.3, -0.25) is 0 Å². The Balaban J connectivity index is 2.13. The molecule has 0 saturated heterocycles. The first-order valence-electron chi connectivity index (χ1n) is 7.13. The molecule has 3 aromatic rings. The van der Waals surface area contributed by atoms with Gasteiger partial charge in [0.25, 0.3) is 0 Å². The molecule has 2 aromatic carbocycles. The number of nitrogens with zero attached hydrogens (tertiary/aromatic N) is 1. The zero-order valence-electron chi connectivity index (χ0n) is 11.6. The number of hydrogen-bond donors (Lipinski definition) is 0. The van der Waals surface area contributed by atoms with Gasteiger partial charge in [-0.2, -0.15) is 0 Å².